The summed E-state index contributed by atoms with van der Waals surface area (Å²) in [5, 5.41) is 11.6. The molecule has 2 aromatic rings. The topological polar surface area (TPSA) is 78.3 Å². The van der Waals surface area contributed by atoms with Gasteiger partial charge in [-0.2, -0.15) is 0 Å². The first kappa shape index (κ1) is 18.5. The predicted octanol–water partition coefficient (Wildman–Crippen LogP) is 2.54. The summed E-state index contributed by atoms with van der Waals surface area (Å²) in [6.45, 7) is 4.25. The molecular weight excluding hydrogens is 356 g/mol. The Labute approximate surface area is 164 Å². The van der Waals surface area contributed by atoms with E-state index in [1.54, 1.807) is 0 Å². The first-order valence-corrected chi connectivity index (χ1v) is 10.0. The van der Waals surface area contributed by atoms with E-state index in [9.17, 15) is 4.79 Å². The van der Waals surface area contributed by atoms with Gasteiger partial charge in [0.25, 0.3) is 5.91 Å². The highest BCUT2D eigenvalue weighted by Crippen LogP contribution is 2.35. The van der Waals surface area contributed by atoms with Crippen molar-refractivity contribution < 1.29 is 14.3 Å². The van der Waals surface area contributed by atoms with Gasteiger partial charge in [0.1, 0.15) is 18.3 Å². The van der Waals surface area contributed by atoms with Gasteiger partial charge in [-0.15, -0.1) is 10.2 Å². The number of para-hydroxylation sites is 1. The van der Waals surface area contributed by atoms with Crippen molar-refractivity contribution in [3.05, 3.63) is 41.0 Å². The van der Waals surface area contributed by atoms with Crippen molar-refractivity contribution in [1.82, 2.24) is 20.1 Å². The molecule has 4 rings (SSSR count). The zero-order valence-corrected chi connectivity index (χ0v) is 16.2. The number of aromatic nitrogens is 3. The van der Waals surface area contributed by atoms with Gasteiger partial charge in [-0.05, 0) is 31.9 Å². The predicted molar refractivity (Wildman–Crippen MR) is 105 cm³/mol. The summed E-state index contributed by atoms with van der Waals surface area (Å²) < 4.78 is 13.6. The molecule has 7 nitrogen and oxygen atoms in total. The molecular formula is C21H26N4O3. The Kier molecular flexibility index (Phi) is 5.60. The lowest BCUT2D eigenvalue weighted by atomic mass is 10.1. The normalized spacial score (nSPS) is 15.5. The van der Waals surface area contributed by atoms with Crippen molar-refractivity contribution in [2.75, 3.05) is 19.8 Å². The van der Waals surface area contributed by atoms with Gasteiger partial charge in [0.2, 0.25) is 0 Å². The molecule has 1 N–H and O–H groups in total. The molecule has 2 aliphatic heterocycles. The summed E-state index contributed by atoms with van der Waals surface area (Å²) in [5.41, 5.74) is 1.48. The number of amides is 1. The maximum Gasteiger partial charge on any atom is 0.250 e. The summed E-state index contributed by atoms with van der Waals surface area (Å²) >= 11 is 0. The van der Waals surface area contributed by atoms with Gasteiger partial charge in [-0.25, -0.2) is 0 Å². The number of hydrogen-bond donors (Lipinski definition) is 1. The van der Waals surface area contributed by atoms with E-state index in [0.29, 0.717) is 36.6 Å². The summed E-state index contributed by atoms with van der Waals surface area (Å²) in [5.74, 6) is 3.33. The fourth-order valence-electron chi connectivity index (χ4n) is 3.71. The van der Waals surface area contributed by atoms with Gasteiger partial charge in [0.15, 0.2) is 11.5 Å². The molecule has 28 heavy (non-hydrogen) atoms. The number of benzene rings is 1. The first-order chi connectivity index (χ1) is 13.8. The number of hydrogen-bond acceptors (Lipinski definition) is 5. The van der Waals surface area contributed by atoms with Gasteiger partial charge < -0.3 is 19.4 Å². The van der Waals surface area contributed by atoms with Gasteiger partial charge in [0, 0.05) is 31.5 Å². The fraction of sp³-hybridized carbons (Fsp3) is 0.476. The summed E-state index contributed by atoms with van der Waals surface area (Å²) in [7, 11) is 0. The van der Waals surface area contributed by atoms with E-state index < -0.39 is 0 Å². The SMILES string of the molecule is CCOc1cccc2c1OCC(C(=O)NCCc1nnc3n1CCCCC3)=C2. The Hall–Kier alpha value is -2.83. The molecule has 1 aromatic heterocycles. The van der Waals surface area contributed by atoms with E-state index in [1.165, 1.54) is 12.8 Å². The Bertz CT molecular complexity index is 888. The van der Waals surface area contributed by atoms with Crippen LogP contribution in [0.15, 0.2) is 23.8 Å². The summed E-state index contributed by atoms with van der Waals surface area (Å²) in [6, 6.07) is 5.71. The van der Waals surface area contributed by atoms with Crippen LogP contribution >= 0.6 is 0 Å². The number of nitrogens with one attached hydrogen (secondary N) is 1. The van der Waals surface area contributed by atoms with Crippen LogP contribution in [0.25, 0.3) is 6.08 Å². The maximum atomic E-state index is 12.6. The minimum Gasteiger partial charge on any atom is -0.490 e. The van der Waals surface area contributed by atoms with Crippen molar-refractivity contribution >= 4 is 12.0 Å². The third-order valence-corrected chi connectivity index (χ3v) is 5.12. The van der Waals surface area contributed by atoms with Crippen molar-refractivity contribution in [2.24, 2.45) is 0 Å². The lowest BCUT2D eigenvalue weighted by Gasteiger charge is -2.20. The van der Waals surface area contributed by atoms with Gasteiger partial charge in [-0.1, -0.05) is 18.6 Å². The molecule has 1 amide bonds. The fourth-order valence-corrected chi connectivity index (χ4v) is 3.71. The highest BCUT2D eigenvalue weighted by atomic mass is 16.5. The van der Waals surface area contributed by atoms with Crippen LogP contribution in [0.4, 0.5) is 0 Å². The first-order valence-electron chi connectivity index (χ1n) is 10.0. The zero-order valence-electron chi connectivity index (χ0n) is 16.2. The number of fused-ring (bicyclic) bond motifs is 2. The molecule has 0 saturated heterocycles. The average Bonchev–Trinajstić information content (AvgIpc) is 2.94. The molecule has 1 aromatic carbocycles. The van der Waals surface area contributed by atoms with E-state index in [1.807, 2.05) is 31.2 Å². The van der Waals surface area contributed by atoms with E-state index in [0.717, 1.165) is 36.6 Å². The highest BCUT2D eigenvalue weighted by molar-refractivity contribution is 5.99. The van der Waals surface area contributed by atoms with Crippen LogP contribution in [0, 0.1) is 0 Å². The molecule has 2 aliphatic rings. The van der Waals surface area contributed by atoms with Crippen molar-refractivity contribution in [2.45, 2.75) is 45.6 Å². The van der Waals surface area contributed by atoms with E-state index in [4.69, 9.17) is 9.47 Å². The van der Waals surface area contributed by atoms with Crippen molar-refractivity contribution in [3.63, 3.8) is 0 Å². The lowest BCUT2D eigenvalue weighted by molar-refractivity contribution is -0.117. The van der Waals surface area contributed by atoms with Crippen LogP contribution in [-0.2, 0) is 24.2 Å². The maximum absolute atomic E-state index is 12.6. The van der Waals surface area contributed by atoms with Crippen LogP contribution in [0.3, 0.4) is 0 Å². The van der Waals surface area contributed by atoms with E-state index in [-0.39, 0.29) is 12.5 Å². The zero-order chi connectivity index (χ0) is 19.3. The number of rotatable bonds is 6. The monoisotopic (exact) mass is 382 g/mol. The number of ether oxygens (including phenoxy) is 2. The second kappa shape index (κ2) is 8.46. The Balaban J connectivity index is 1.37. The molecule has 0 aliphatic carbocycles. The molecule has 0 unspecified atom stereocenters. The minimum absolute atomic E-state index is 0.108. The van der Waals surface area contributed by atoms with Crippen LogP contribution in [0.1, 0.15) is 43.4 Å². The summed E-state index contributed by atoms with van der Waals surface area (Å²) in [4.78, 5) is 12.6. The second-order valence-electron chi connectivity index (χ2n) is 7.07. The molecule has 0 fully saturated rings. The smallest absolute Gasteiger partial charge is 0.250 e. The number of carbonyl (C=O) groups is 1. The molecule has 0 bridgehead atoms. The molecule has 3 heterocycles. The molecule has 0 radical (unpaired) electrons. The Morgan fingerprint density at radius 2 is 2.21 bits per heavy atom. The van der Waals surface area contributed by atoms with E-state index >= 15 is 0 Å². The van der Waals surface area contributed by atoms with Gasteiger partial charge in [-0.3, -0.25) is 4.79 Å². The number of carbonyl (C=O) groups excluding carboxylic acids is 1. The Morgan fingerprint density at radius 3 is 3.11 bits per heavy atom. The highest BCUT2D eigenvalue weighted by Gasteiger charge is 2.20. The third kappa shape index (κ3) is 3.88. The van der Waals surface area contributed by atoms with Crippen LogP contribution in [0.2, 0.25) is 0 Å². The standard InChI is InChI=1S/C21H26N4O3/c1-2-27-17-8-6-7-15-13-16(14-28-20(15)17)21(26)22-11-10-19-24-23-18-9-4-3-5-12-25(18)19/h6-8,13H,2-5,9-12,14H2,1H3,(H,22,26). The number of nitrogens with zero attached hydrogens (tertiary/aromatic N) is 3. The van der Waals surface area contributed by atoms with Crippen LogP contribution in [0.5, 0.6) is 11.5 Å². The van der Waals surface area contributed by atoms with Crippen LogP contribution < -0.4 is 14.8 Å². The van der Waals surface area contributed by atoms with E-state index in [2.05, 4.69) is 20.1 Å². The minimum atomic E-state index is -0.108. The van der Waals surface area contributed by atoms with Crippen molar-refractivity contribution in [1.29, 1.82) is 0 Å². The summed E-state index contributed by atoms with van der Waals surface area (Å²) in [6.07, 6.45) is 7.12. The average molecular weight is 382 g/mol. The van der Waals surface area contributed by atoms with Gasteiger partial charge >= 0.3 is 0 Å². The third-order valence-electron chi connectivity index (χ3n) is 5.12. The lowest BCUT2D eigenvalue weighted by Crippen LogP contribution is -2.30. The molecule has 0 saturated carbocycles. The largest absolute Gasteiger partial charge is 0.490 e. The molecule has 7 heteroatoms. The van der Waals surface area contributed by atoms with Gasteiger partial charge in [0.05, 0.1) is 12.2 Å². The second-order valence-corrected chi connectivity index (χ2v) is 7.07. The molecule has 0 spiro atoms. The van der Waals surface area contributed by atoms with Crippen LogP contribution in [-0.4, -0.2) is 40.4 Å². The molecule has 148 valence electrons. The van der Waals surface area contributed by atoms with Crippen molar-refractivity contribution in [3.8, 4) is 11.5 Å². The quantitative estimate of drug-likeness (QED) is 0.831. The Morgan fingerprint density at radius 1 is 1.29 bits per heavy atom. The molecule has 0 atom stereocenters. The number of aryl methyl sites for hydroxylation is 1.